The van der Waals surface area contributed by atoms with Crippen LogP contribution in [0.2, 0.25) is 0 Å². The molecule has 1 aromatic heterocycles. The summed E-state index contributed by atoms with van der Waals surface area (Å²) in [5.74, 6) is 3.67. The van der Waals surface area contributed by atoms with Crippen molar-refractivity contribution in [3.05, 3.63) is 5.82 Å². The summed E-state index contributed by atoms with van der Waals surface area (Å²) in [4.78, 5) is 6.95. The summed E-state index contributed by atoms with van der Waals surface area (Å²) in [5.41, 5.74) is 6.15. The van der Waals surface area contributed by atoms with Gasteiger partial charge in [-0.2, -0.15) is 4.98 Å². The Kier molecular flexibility index (Phi) is 3.47. The number of thioether (sulfide) groups is 1. The average molecular weight is 281 g/mol. The van der Waals surface area contributed by atoms with Crippen LogP contribution in [0.25, 0.3) is 0 Å². The van der Waals surface area contributed by atoms with Crippen LogP contribution in [-0.4, -0.2) is 40.1 Å². The standard InChI is InChI=1S/C13H23N5S/c1-9-4-6-18(8-10(9)14)12-15-11(16-17-12)13(2)5-3-7-19-13/h9-10H,3-8,14H2,1-2H3,(H,15,16,17). The van der Waals surface area contributed by atoms with Gasteiger partial charge in [-0.25, -0.2) is 0 Å². The summed E-state index contributed by atoms with van der Waals surface area (Å²) in [6, 6.07) is 0.229. The molecule has 3 unspecified atom stereocenters. The van der Waals surface area contributed by atoms with Gasteiger partial charge >= 0.3 is 0 Å². The molecule has 19 heavy (non-hydrogen) atoms. The second-order valence-electron chi connectivity index (χ2n) is 6.04. The van der Waals surface area contributed by atoms with E-state index in [1.807, 2.05) is 11.8 Å². The Bertz CT molecular complexity index is 440. The second-order valence-corrected chi connectivity index (χ2v) is 7.64. The number of hydrogen-bond donors (Lipinski definition) is 2. The predicted molar refractivity (Wildman–Crippen MR) is 79.4 cm³/mol. The van der Waals surface area contributed by atoms with Crippen LogP contribution in [-0.2, 0) is 4.75 Å². The molecule has 0 aromatic carbocycles. The minimum atomic E-state index is 0.121. The van der Waals surface area contributed by atoms with Crippen molar-refractivity contribution in [3.8, 4) is 0 Å². The third-order valence-corrected chi connectivity index (χ3v) is 6.02. The van der Waals surface area contributed by atoms with Crippen molar-refractivity contribution in [2.75, 3.05) is 23.7 Å². The topological polar surface area (TPSA) is 70.8 Å². The maximum Gasteiger partial charge on any atom is 0.244 e. The Labute approximate surface area is 118 Å². The third-order valence-electron chi connectivity index (χ3n) is 4.49. The molecule has 3 atom stereocenters. The molecule has 2 aliphatic rings. The number of hydrogen-bond acceptors (Lipinski definition) is 5. The molecule has 2 saturated heterocycles. The van der Waals surface area contributed by atoms with E-state index in [2.05, 4.69) is 28.9 Å². The number of H-pyrrole nitrogens is 1. The Morgan fingerprint density at radius 1 is 1.53 bits per heavy atom. The van der Waals surface area contributed by atoms with Crippen molar-refractivity contribution >= 4 is 17.7 Å². The van der Waals surface area contributed by atoms with E-state index in [-0.39, 0.29) is 10.8 Å². The van der Waals surface area contributed by atoms with Gasteiger partial charge in [0, 0.05) is 19.1 Å². The van der Waals surface area contributed by atoms with Crippen molar-refractivity contribution in [3.63, 3.8) is 0 Å². The number of nitrogens with zero attached hydrogens (tertiary/aromatic N) is 3. The fourth-order valence-corrected chi connectivity index (χ4v) is 4.13. The van der Waals surface area contributed by atoms with Gasteiger partial charge < -0.3 is 10.6 Å². The molecule has 3 N–H and O–H groups in total. The third kappa shape index (κ3) is 2.48. The number of nitrogens with two attached hydrogens (primary N) is 1. The normalized spacial score (nSPS) is 35.8. The van der Waals surface area contributed by atoms with Crippen molar-refractivity contribution in [2.24, 2.45) is 11.7 Å². The molecule has 3 rings (SSSR count). The van der Waals surface area contributed by atoms with Crippen molar-refractivity contribution < 1.29 is 0 Å². The van der Waals surface area contributed by atoms with Gasteiger partial charge in [0.15, 0.2) is 0 Å². The Balaban J connectivity index is 1.74. The molecule has 5 nitrogen and oxygen atoms in total. The zero-order chi connectivity index (χ0) is 13.5. The van der Waals surface area contributed by atoms with Gasteiger partial charge in [-0.15, -0.1) is 16.9 Å². The van der Waals surface area contributed by atoms with Crippen LogP contribution in [0.5, 0.6) is 0 Å². The first kappa shape index (κ1) is 13.2. The van der Waals surface area contributed by atoms with Gasteiger partial charge in [0.1, 0.15) is 5.82 Å². The predicted octanol–water partition coefficient (Wildman–Crippen LogP) is 1.72. The van der Waals surface area contributed by atoms with Gasteiger partial charge in [0.2, 0.25) is 5.95 Å². The lowest BCUT2D eigenvalue weighted by Crippen LogP contribution is -2.48. The summed E-state index contributed by atoms with van der Waals surface area (Å²) in [6.07, 6.45) is 3.57. The molecule has 0 bridgehead atoms. The van der Waals surface area contributed by atoms with Crippen LogP contribution in [0.1, 0.15) is 38.9 Å². The Morgan fingerprint density at radius 3 is 3.05 bits per heavy atom. The van der Waals surface area contributed by atoms with Crippen molar-refractivity contribution in [2.45, 2.75) is 43.9 Å². The lowest BCUT2D eigenvalue weighted by atomic mass is 9.95. The quantitative estimate of drug-likeness (QED) is 0.863. The van der Waals surface area contributed by atoms with Crippen LogP contribution in [0.15, 0.2) is 0 Å². The number of nitrogens with one attached hydrogen (secondary N) is 1. The van der Waals surface area contributed by atoms with E-state index in [1.165, 1.54) is 18.6 Å². The molecule has 0 saturated carbocycles. The van der Waals surface area contributed by atoms with E-state index in [4.69, 9.17) is 10.7 Å². The van der Waals surface area contributed by atoms with Crippen LogP contribution >= 0.6 is 11.8 Å². The van der Waals surface area contributed by atoms with Gasteiger partial charge in [-0.1, -0.05) is 6.92 Å². The molecule has 2 aliphatic heterocycles. The fourth-order valence-electron chi connectivity index (χ4n) is 2.88. The number of piperidine rings is 1. The van der Waals surface area contributed by atoms with Crippen LogP contribution < -0.4 is 10.6 Å². The molecule has 2 fully saturated rings. The van der Waals surface area contributed by atoms with E-state index in [9.17, 15) is 0 Å². The molecular formula is C13H23N5S. The number of aromatic amines is 1. The second kappa shape index (κ2) is 4.98. The van der Waals surface area contributed by atoms with E-state index in [0.717, 1.165) is 31.3 Å². The van der Waals surface area contributed by atoms with E-state index < -0.39 is 0 Å². The van der Waals surface area contributed by atoms with Gasteiger partial charge in [-0.3, -0.25) is 5.10 Å². The van der Waals surface area contributed by atoms with E-state index >= 15 is 0 Å². The highest BCUT2D eigenvalue weighted by Crippen LogP contribution is 2.44. The van der Waals surface area contributed by atoms with Crippen molar-refractivity contribution in [1.82, 2.24) is 15.2 Å². The summed E-state index contributed by atoms with van der Waals surface area (Å²) in [7, 11) is 0. The highest BCUT2D eigenvalue weighted by atomic mass is 32.2. The summed E-state index contributed by atoms with van der Waals surface area (Å²) >= 11 is 1.98. The first-order chi connectivity index (χ1) is 9.08. The molecule has 1 aromatic rings. The summed E-state index contributed by atoms with van der Waals surface area (Å²) in [5, 5.41) is 7.56. The largest absolute Gasteiger partial charge is 0.338 e. The maximum absolute atomic E-state index is 6.15. The smallest absolute Gasteiger partial charge is 0.244 e. The number of aromatic nitrogens is 3. The molecule has 3 heterocycles. The molecule has 0 amide bonds. The zero-order valence-corrected chi connectivity index (χ0v) is 12.5. The highest BCUT2D eigenvalue weighted by Gasteiger charge is 2.35. The highest BCUT2D eigenvalue weighted by molar-refractivity contribution is 8.00. The molecule has 0 aliphatic carbocycles. The minimum Gasteiger partial charge on any atom is -0.338 e. The zero-order valence-electron chi connectivity index (χ0n) is 11.7. The van der Waals surface area contributed by atoms with Gasteiger partial charge in [0.25, 0.3) is 0 Å². The first-order valence-corrected chi connectivity index (χ1v) is 8.14. The molecular weight excluding hydrogens is 258 g/mol. The first-order valence-electron chi connectivity index (χ1n) is 7.16. The Hall–Kier alpha value is -0.750. The summed E-state index contributed by atoms with van der Waals surface area (Å²) in [6.45, 7) is 6.36. The van der Waals surface area contributed by atoms with Gasteiger partial charge in [0.05, 0.1) is 4.75 Å². The van der Waals surface area contributed by atoms with Crippen molar-refractivity contribution in [1.29, 1.82) is 0 Å². The number of rotatable bonds is 2. The maximum atomic E-state index is 6.15. The molecule has 106 valence electrons. The summed E-state index contributed by atoms with van der Waals surface area (Å²) < 4.78 is 0.121. The Morgan fingerprint density at radius 2 is 2.37 bits per heavy atom. The molecule has 0 radical (unpaired) electrons. The fraction of sp³-hybridized carbons (Fsp3) is 0.846. The monoisotopic (exact) mass is 281 g/mol. The average Bonchev–Trinajstić information content (AvgIpc) is 3.02. The van der Waals surface area contributed by atoms with Crippen LogP contribution in [0.3, 0.4) is 0 Å². The molecule has 6 heteroatoms. The minimum absolute atomic E-state index is 0.121. The van der Waals surface area contributed by atoms with Crippen LogP contribution in [0, 0.1) is 5.92 Å². The lowest BCUT2D eigenvalue weighted by molar-refractivity contribution is 0.376. The lowest BCUT2D eigenvalue weighted by Gasteiger charge is -2.34. The van der Waals surface area contributed by atoms with E-state index in [0.29, 0.717) is 5.92 Å². The van der Waals surface area contributed by atoms with Gasteiger partial charge in [-0.05, 0) is 37.9 Å². The molecule has 0 spiro atoms. The van der Waals surface area contributed by atoms with Crippen LogP contribution in [0.4, 0.5) is 5.95 Å². The SMILES string of the molecule is CC1CCN(c2n[nH]c(C3(C)CCCS3)n2)CC1N. The number of anilines is 1. The van der Waals surface area contributed by atoms with E-state index in [1.54, 1.807) is 0 Å².